The summed E-state index contributed by atoms with van der Waals surface area (Å²) in [4.78, 5) is 39.4. The highest BCUT2D eigenvalue weighted by atomic mass is 19.1. The molecule has 0 fully saturated rings. The van der Waals surface area contributed by atoms with Gasteiger partial charge in [-0.3, -0.25) is 9.59 Å². The van der Waals surface area contributed by atoms with Gasteiger partial charge in [0.1, 0.15) is 17.2 Å². The van der Waals surface area contributed by atoms with Gasteiger partial charge in [0.05, 0.1) is 19.2 Å². The number of para-hydroxylation sites is 1. The first kappa shape index (κ1) is 20.1. The minimum absolute atomic E-state index is 0.0873. The van der Waals surface area contributed by atoms with Crippen LogP contribution in [0.3, 0.4) is 0 Å². The first-order chi connectivity index (χ1) is 15.0. The molecule has 0 atom stereocenters. The minimum Gasteiger partial charge on any atom is -0.465 e. The Morgan fingerprint density at radius 1 is 1.10 bits per heavy atom. The molecule has 8 heteroatoms. The van der Waals surface area contributed by atoms with Crippen molar-refractivity contribution in [2.45, 2.75) is 6.54 Å². The Morgan fingerprint density at radius 2 is 1.84 bits per heavy atom. The number of esters is 1. The van der Waals surface area contributed by atoms with Crippen LogP contribution in [0.1, 0.15) is 26.4 Å². The number of carbonyl (C=O) groups excluding carboxylic acids is 2. The summed E-state index contributed by atoms with van der Waals surface area (Å²) >= 11 is 0. The fourth-order valence-electron chi connectivity index (χ4n) is 3.36. The molecule has 0 radical (unpaired) electrons. The smallest absolute Gasteiger partial charge is 0.339 e. The van der Waals surface area contributed by atoms with E-state index < -0.39 is 17.4 Å². The molecule has 31 heavy (non-hydrogen) atoms. The van der Waals surface area contributed by atoms with E-state index in [1.165, 1.54) is 25.4 Å². The summed E-state index contributed by atoms with van der Waals surface area (Å²) in [5.74, 6) is -1.60. The average Bonchev–Trinajstić information content (AvgIpc) is 3.15. The first-order valence-electron chi connectivity index (χ1n) is 9.42. The Hall–Kier alpha value is -4.20. The molecule has 7 nitrogen and oxygen atoms in total. The molecule has 0 bridgehead atoms. The maximum Gasteiger partial charge on any atom is 0.339 e. The van der Waals surface area contributed by atoms with E-state index in [2.05, 4.69) is 15.0 Å². The lowest BCUT2D eigenvalue weighted by molar-refractivity contribution is 0.0600. The van der Waals surface area contributed by atoms with E-state index in [9.17, 15) is 18.8 Å². The second-order valence-electron chi connectivity index (χ2n) is 6.84. The second-order valence-corrected chi connectivity index (χ2v) is 6.84. The van der Waals surface area contributed by atoms with Crippen molar-refractivity contribution in [1.82, 2.24) is 9.55 Å². The molecule has 0 saturated heterocycles. The van der Waals surface area contributed by atoms with Crippen LogP contribution in [0.5, 0.6) is 0 Å². The number of methoxy groups -OCH3 is 1. The van der Waals surface area contributed by atoms with Gasteiger partial charge in [-0.1, -0.05) is 36.4 Å². The SMILES string of the molecule is COC(=O)c1c[nH]c(=O)c(NC(=O)c2cc3ccccc3n2Cc2ccccc2F)c1. The number of aromatic amines is 1. The number of benzene rings is 2. The summed E-state index contributed by atoms with van der Waals surface area (Å²) in [6.07, 6.45) is 1.21. The molecule has 4 rings (SSSR count). The van der Waals surface area contributed by atoms with Crippen molar-refractivity contribution in [3.05, 3.63) is 99.9 Å². The normalized spacial score (nSPS) is 10.8. The van der Waals surface area contributed by atoms with Crippen molar-refractivity contribution in [2.24, 2.45) is 0 Å². The lowest BCUT2D eigenvalue weighted by Gasteiger charge is -2.12. The Bertz CT molecular complexity index is 1360. The molecular weight excluding hydrogens is 401 g/mol. The summed E-state index contributed by atoms with van der Waals surface area (Å²) < 4.78 is 20.6. The molecule has 0 saturated carbocycles. The number of pyridine rings is 1. The fraction of sp³-hybridized carbons (Fsp3) is 0.0870. The van der Waals surface area contributed by atoms with Crippen molar-refractivity contribution in [2.75, 3.05) is 12.4 Å². The number of anilines is 1. The van der Waals surface area contributed by atoms with Crippen molar-refractivity contribution < 1.29 is 18.7 Å². The molecule has 4 aromatic rings. The fourth-order valence-corrected chi connectivity index (χ4v) is 3.36. The van der Waals surface area contributed by atoms with Crippen LogP contribution in [0.15, 0.2) is 71.7 Å². The third-order valence-corrected chi connectivity index (χ3v) is 4.90. The summed E-state index contributed by atoms with van der Waals surface area (Å²) in [5, 5.41) is 3.34. The zero-order valence-corrected chi connectivity index (χ0v) is 16.5. The van der Waals surface area contributed by atoms with Crippen molar-refractivity contribution in [3.63, 3.8) is 0 Å². The van der Waals surface area contributed by atoms with Gasteiger partial charge in [-0.2, -0.15) is 0 Å². The van der Waals surface area contributed by atoms with Crippen molar-refractivity contribution in [3.8, 4) is 0 Å². The van der Waals surface area contributed by atoms with Gasteiger partial charge in [-0.15, -0.1) is 0 Å². The number of hydrogen-bond acceptors (Lipinski definition) is 4. The lowest BCUT2D eigenvalue weighted by atomic mass is 10.2. The molecule has 2 aromatic carbocycles. The van der Waals surface area contributed by atoms with Crippen LogP contribution in [-0.2, 0) is 11.3 Å². The van der Waals surface area contributed by atoms with E-state index in [4.69, 9.17) is 0 Å². The Labute approximate surface area is 176 Å². The molecule has 0 spiro atoms. The number of aromatic nitrogens is 2. The maximum absolute atomic E-state index is 14.3. The largest absolute Gasteiger partial charge is 0.465 e. The van der Waals surface area contributed by atoms with Crippen LogP contribution in [0.4, 0.5) is 10.1 Å². The third kappa shape index (κ3) is 3.95. The predicted molar refractivity (Wildman–Crippen MR) is 114 cm³/mol. The van der Waals surface area contributed by atoms with Crippen molar-refractivity contribution >= 4 is 28.5 Å². The Kier molecular flexibility index (Phi) is 5.36. The van der Waals surface area contributed by atoms with E-state index in [1.807, 2.05) is 24.3 Å². The zero-order chi connectivity index (χ0) is 22.0. The molecule has 2 N–H and O–H groups in total. The number of nitrogens with one attached hydrogen (secondary N) is 2. The number of H-pyrrole nitrogens is 1. The van der Waals surface area contributed by atoms with Crippen molar-refractivity contribution in [1.29, 1.82) is 0 Å². The Morgan fingerprint density at radius 3 is 2.61 bits per heavy atom. The first-order valence-corrected chi connectivity index (χ1v) is 9.42. The predicted octanol–water partition coefficient (Wildman–Crippen LogP) is 3.56. The molecule has 1 amide bonds. The van der Waals surface area contributed by atoms with Gasteiger partial charge in [0.15, 0.2) is 0 Å². The number of amides is 1. The minimum atomic E-state index is -0.652. The third-order valence-electron chi connectivity index (χ3n) is 4.90. The van der Waals surface area contributed by atoms with Crippen LogP contribution < -0.4 is 10.9 Å². The highest BCUT2D eigenvalue weighted by molar-refractivity contribution is 6.06. The number of halogens is 1. The van der Waals surface area contributed by atoms with Gasteiger partial charge in [0.2, 0.25) is 0 Å². The van der Waals surface area contributed by atoms with E-state index in [0.29, 0.717) is 5.56 Å². The standard InChI is InChI=1S/C23H18FN3O4/c1-31-23(30)16-10-18(21(28)25-12-16)26-22(29)20-11-14-6-3-5-9-19(14)27(20)13-15-7-2-4-8-17(15)24/h2-12H,13H2,1H3,(H,25,28)(H,26,29). The summed E-state index contributed by atoms with van der Waals surface area (Å²) in [7, 11) is 1.22. The summed E-state index contributed by atoms with van der Waals surface area (Å²) in [6, 6.07) is 16.6. The van der Waals surface area contributed by atoms with E-state index in [-0.39, 0.29) is 29.3 Å². The Balaban J connectivity index is 1.74. The molecule has 0 aliphatic heterocycles. The van der Waals surface area contributed by atoms with Gasteiger partial charge in [0, 0.05) is 22.7 Å². The zero-order valence-electron chi connectivity index (χ0n) is 16.5. The molecule has 0 unspecified atom stereocenters. The quantitative estimate of drug-likeness (QED) is 0.484. The number of carbonyl (C=O) groups is 2. The van der Waals surface area contributed by atoms with Gasteiger partial charge in [-0.05, 0) is 24.3 Å². The van der Waals surface area contributed by atoms with Crippen LogP contribution >= 0.6 is 0 Å². The molecule has 2 heterocycles. The topological polar surface area (TPSA) is 93.2 Å². The lowest BCUT2D eigenvalue weighted by Crippen LogP contribution is -2.23. The molecule has 2 aromatic heterocycles. The van der Waals surface area contributed by atoms with Gasteiger partial charge in [-0.25, -0.2) is 9.18 Å². The van der Waals surface area contributed by atoms with Gasteiger partial charge >= 0.3 is 5.97 Å². The number of rotatable bonds is 5. The number of ether oxygens (including phenoxy) is 1. The monoisotopic (exact) mass is 419 g/mol. The van der Waals surface area contributed by atoms with E-state index in [0.717, 1.165) is 10.9 Å². The summed E-state index contributed by atoms with van der Waals surface area (Å²) in [5.41, 5.74) is 0.821. The number of hydrogen-bond donors (Lipinski definition) is 2. The molecule has 0 aliphatic rings. The molecular formula is C23H18FN3O4. The summed E-state index contributed by atoms with van der Waals surface area (Å²) in [6.45, 7) is 0.126. The van der Waals surface area contributed by atoms with E-state index in [1.54, 1.807) is 28.8 Å². The molecule has 156 valence electrons. The maximum atomic E-state index is 14.3. The highest BCUT2D eigenvalue weighted by Crippen LogP contribution is 2.23. The van der Waals surface area contributed by atoms with Crippen LogP contribution in [0, 0.1) is 5.82 Å². The van der Waals surface area contributed by atoms with Crippen LogP contribution in [0.25, 0.3) is 10.9 Å². The molecule has 0 aliphatic carbocycles. The van der Waals surface area contributed by atoms with Crippen LogP contribution in [0.2, 0.25) is 0 Å². The van der Waals surface area contributed by atoms with Crippen LogP contribution in [-0.4, -0.2) is 28.5 Å². The number of nitrogens with zero attached hydrogens (tertiary/aromatic N) is 1. The van der Waals surface area contributed by atoms with E-state index >= 15 is 0 Å². The highest BCUT2D eigenvalue weighted by Gasteiger charge is 2.19. The number of fused-ring (bicyclic) bond motifs is 1. The average molecular weight is 419 g/mol. The second kappa shape index (κ2) is 8.27. The van der Waals surface area contributed by atoms with Gasteiger partial charge in [0.25, 0.3) is 11.5 Å². The van der Waals surface area contributed by atoms with Gasteiger partial charge < -0.3 is 19.6 Å².